The Hall–Kier alpha value is -2.04. The normalized spacial score (nSPS) is 24.9. The topological polar surface area (TPSA) is 24.9 Å². The number of hydrogen-bond donors (Lipinski definition) is 0. The molecule has 3 fully saturated rings. The number of hydrogen-bond acceptors (Lipinski definition) is 4. The highest BCUT2D eigenvalue weighted by molar-refractivity contribution is 5.39. The molecule has 4 heteroatoms. The molecule has 0 bridgehead atoms. The highest BCUT2D eigenvalue weighted by Crippen LogP contribution is 2.42. The summed E-state index contributed by atoms with van der Waals surface area (Å²) in [5, 5.41) is 0. The average molecular weight is 435 g/mol. The van der Waals surface area contributed by atoms with Crippen molar-refractivity contribution in [3.63, 3.8) is 0 Å². The van der Waals surface area contributed by atoms with Crippen LogP contribution in [0.1, 0.15) is 55.6 Å². The van der Waals surface area contributed by atoms with Crippen molar-refractivity contribution >= 4 is 0 Å². The van der Waals surface area contributed by atoms with E-state index >= 15 is 0 Å². The average Bonchev–Trinajstić information content (AvgIpc) is 3.31. The van der Waals surface area contributed by atoms with Gasteiger partial charge in [-0.1, -0.05) is 36.4 Å². The van der Waals surface area contributed by atoms with Crippen LogP contribution in [0.15, 0.2) is 48.5 Å². The molecule has 0 atom stereocenters. The van der Waals surface area contributed by atoms with Crippen molar-refractivity contribution in [2.45, 2.75) is 57.1 Å². The van der Waals surface area contributed by atoms with Gasteiger partial charge in [0.25, 0.3) is 0 Å². The smallest absolute Gasteiger partial charge is 0.161 e. The number of benzene rings is 2. The van der Waals surface area contributed by atoms with Gasteiger partial charge in [0.15, 0.2) is 11.5 Å². The van der Waals surface area contributed by atoms with Crippen LogP contribution in [-0.2, 0) is 6.54 Å². The molecule has 5 rings (SSSR count). The Morgan fingerprint density at radius 3 is 2.19 bits per heavy atom. The molecule has 1 aliphatic carbocycles. The minimum Gasteiger partial charge on any atom is -0.493 e. The van der Waals surface area contributed by atoms with Crippen LogP contribution in [0.25, 0.3) is 0 Å². The van der Waals surface area contributed by atoms with Gasteiger partial charge in [-0.3, -0.25) is 4.90 Å². The maximum Gasteiger partial charge on any atom is 0.161 e. The van der Waals surface area contributed by atoms with Crippen molar-refractivity contribution < 1.29 is 9.47 Å². The second kappa shape index (κ2) is 10.3. The van der Waals surface area contributed by atoms with E-state index in [1.165, 1.54) is 50.9 Å². The third kappa shape index (κ3) is 5.29. The van der Waals surface area contributed by atoms with Crippen molar-refractivity contribution in [2.24, 2.45) is 5.92 Å². The molecule has 2 aromatic carbocycles. The van der Waals surface area contributed by atoms with E-state index in [9.17, 15) is 0 Å². The molecule has 0 N–H and O–H groups in total. The number of methoxy groups -OCH3 is 1. The zero-order valence-electron chi connectivity index (χ0n) is 19.5. The molecule has 1 saturated carbocycles. The van der Waals surface area contributed by atoms with Crippen LogP contribution in [0.5, 0.6) is 11.5 Å². The molecule has 2 heterocycles. The maximum atomic E-state index is 6.24. The van der Waals surface area contributed by atoms with Crippen LogP contribution in [0, 0.1) is 5.92 Å². The number of rotatable bonds is 8. The fraction of sp³-hybridized carbons (Fsp3) is 0.571. The first-order valence-corrected chi connectivity index (χ1v) is 12.6. The standard InChI is InChI=1S/C28H38N2O2/c1-31-27-6-2-3-7-28(27)32-26-12-16-30(17-13-26)21-23-18-25(19-23)24-10-8-22(9-11-24)20-29-14-4-5-15-29/h2-3,6-11,23,25-26H,4-5,12-21H2,1H3. The van der Waals surface area contributed by atoms with Gasteiger partial charge in [-0.2, -0.15) is 0 Å². The molecule has 3 aliphatic rings. The van der Waals surface area contributed by atoms with Gasteiger partial charge in [-0.05, 0) is 86.7 Å². The minimum absolute atomic E-state index is 0.302. The van der Waals surface area contributed by atoms with E-state index in [1.807, 2.05) is 24.3 Å². The predicted molar refractivity (Wildman–Crippen MR) is 130 cm³/mol. The summed E-state index contributed by atoms with van der Waals surface area (Å²) in [6, 6.07) is 17.5. The van der Waals surface area contributed by atoms with E-state index < -0.39 is 0 Å². The van der Waals surface area contributed by atoms with Crippen molar-refractivity contribution in [3.05, 3.63) is 59.7 Å². The summed E-state index contributed by atoms with van der Waals surface area (Å²) in [6.45, 7) is 7.22. The SMILES string of the molecule is COc1ccccc1OC1CCN(CC2CC(c3ccc(CN4CCCC4)cc3)C2)CC1. The van der Waals surface area contributed by atoms with Crippen LogP contribution >= 0.6 is 0 Å². The molecule has 0 unspecified atom stereocenters. The molecule has 4 nitrogen and oxygen atoms in total. The van der Waals surface area contributed by atoms with Gasteiger partial charge in [0, 0.05) is 26.2 Å². The fourth-order valence-electron chi connectivity index (χ4n) is 5.72. The van der Waals surface area contributed by atoms with Gasteiger partial charge in [0.1, 0.15) is 6.10 Å². The van der Waals surface area contributed by atoms with Crippen molar-refractivity contribution in [3.8, 4) is 11.5 Å². The minimum atomic E-state index is 0.302. The largest absolute Gasteiger partial charge is 0.493 e. The number of para-hydroxylation sites is 2. The van der Waals surface area contributed by atoms with Crippen LogP contribution in [-0.4, -0.2) is 55.7 Å². The predicted octanol–water partition coefficient (Wildman–Crippen LogP) is 5.33. The molecular formula is C28H38N2O2. The third-order valence-electron chi connectivity index (χ3n) is 7.71. The van der Waals surface area contributed by atoms with E-state index in [0.29, 0.717) is 6.10 Å². The summed E-state index contributed by atoms with van der Waals surface area (Å²) in [7, 11) is 1.71. The Balaban J connectivity index is 1.02. The van der Waals surface area contributed by atoms with E-state index in [1.54, 1.807) is 12.7 Å². The Kier molecular flexibility index (Phi) is 6.99. The van der Waals surface area contributed by atoms with Crippen molar-refractivity contribution in [1.82, 2.24) is 9.80 Å². The van der Waals surface area contributed by atoms with Crippen LogP contribution in [0.2, 0.25) is 0 Å². The van der Waals surface area contributed by atoms with E-state index in [4.69, 9.17) is 9.47 Å². The molecule has 2 aromatic rings. The summed E-state index contributed by atoms with van der Waals surface area (Å²) in [5.41, 5.74) is 3.03. The second-order valence-corrected chi connectivity index (χ2v) is 10.0. The lowest BCUT2D eigenvalue weighted by Gasteiger charge is -2.41. The summed E-state index contributed by atoms with van der Waals surface area (Å²) >= 11 is 0. The quantitative estimate of drug-likeness (QED) is 0.561. The zero-order chi connectivity index (χ0) is 21.8. The number of piperidine rings is 1. The summed E-state index contributed by atoms with van der Waals surface area (Å²) in [5.74, 6) is 3.34. The molecule has 2 aliphatic heterocycles. The lowest BCUT2D eigenvalue weighted by Crippen LogP contribution is -2.42. The lowest BCUT2D eigenvalue weighted by atomic mass is 9.71. The molecule has 2 saturated heterocycles. The monoisotopic (exact) mass is 434 g/mol. The number of nitrogens with zero attached hydrogens (tertiary/aromatic N) is 2. The molecule has 0 amide bonds. The number of ether oxygens (including phenoxy) is 2. The van der Waals surface area contributed by atoms with Crippen LogP contribution in [0.3, 0.4) is 0 Å². The second-order valence-electron chi connectivity index (χ2n) is 10.0. The van der Waals surface area contributed by atoms with E-state index in [-0.39, 0.29) is 0 Å². The first-order chi connectivity index (χ1) is 15.8. The summed E-state index contributed by atoms with van der Waals surface area (Å²) in [6.07, 6.45) is 7.95. The van der Waals surface area contributed by atoms with Crippen LogP contribution in [0.4, 0.5) is 0 Å². The van der Waals surface area contributed by atoms with Crippen LogP contribution < -0.4 is 9.47 Å². The van der Waals surface area contributed by atoms with E-state index in [2.05, 4.69) is 34.1 Å². The highest BCUT2D eigenvalue weighted by Gasteiger charge is 2.32. The van der Waals surface area contributed by atoms with Gasteiger partial charge in [-0.25, -0.2) is 0 Å². The van der Waals surface area contributed by atoms with Gasteiger partial charge in [0.2, 0.25) is 0 Å². The first kappa shape index (κ1) is 21.8. The first-order valence-electron chi connectivity index (χ1n) is 12.6. The highest BCUT2D eigenvalue weighted by atomic mass is 16.5. The zero-order valence-corrected chi connectivity index (χ0v) is 19.5. The van der Waals surface area contributed by atoms with Gasteiger partial charge in [-0.15, -0.1) is 0 Å². The van der Waals surface area contributed by atoms with Crippen molar-refractivity contribution in [1.29, 1.82) is 0 Å². The van der Waals surface area contributed by atoms with Crippen molar-refractivity contribution in [2.75, 3.05) is 39.8 Å². The van der Waals surface area contributed by atoms with Gasteiger partial charge < -0.3 is 14.4 Å². The molecule has 0 radical (unpaired) electrons. The van der Waals surface area contributed by atoms with Gasteiger partial charge >= 0.3 is 0 Å². The summed E-state index contributed by atoms with van der Waals surface area (Å²) < 4.78 is 11.7. The van der Waals surface area contributed by atoms with E-state index in [0.717, 1.165) is 55.8 Å². The third-order valence-corrected chi connectivity index (χ3v) is 7.71. The maximum absolute atomic E-state index is 6.24. The molecule has 0 spiro atoms. The molecule has 0 aromatic heterocycles. The summed E-state index contributed by atoms with van der Waals surface area (Å²) in [4.78, 5) is 5.24. The van der Waals surface area contributed by atoms with Gasteiger partial charge in [0.05, 0.1) is 7.11 Å². The Labute approximate surface area is 193 Å². The Morgan fingerprint density at radius 2 is 1.50 bits per heavy atom. The molecule has 172 valence electrons. The lowest BCUT2D eigenvalue weighted by molar-refractivity contribution is 0.0744. The number of likely N-dealkylation sites (tertiary alicyclic amines) is 2. The fourth-order valence-corrected chi connectivity index (χ4v) is 5.72. The Bertz CT molecular complexity index is 848. The Morgan fingerprint density at radius 1 is 0.812 bits per heavy atom. The molecular weight excluding hydrogens is 396 g/mol. The molecule has 32 heavy (non-hydrogen) atoms.